The highest BCUT2D eigenvalue weighted by atomic mass is 35.5. The fourth-order valence-corrected chi connectivity index (χ4v) is 4.04. The number of hydrogen-bond acceptors (Lipinski definition) is 7. The van der Waals surface area contributed by atoms with Crippen LogP contribution in [-0.2, 0) is 10.0 Å². The Hall–Kier alpha value is -3.63. The van der Waals surface area contributed by atoms with Crippen LogP contribution in [0.2, 0.25) is 5.02 Å². The maximum atomic E-state index is 13.0. The van der Waals surface area contributed by atoms with Crippen LogP contribution in [0.25, 0.3) is 0 Å². The van der Waals surface area contributed by atoms with Gasteiger partial charge in [-0.15, -0.1) is 0 Å². The van der Waals surface area contributed by atoms with Crippen LogP contribution >= 0.6 is 11.6 Å². The molecule has 0 aliphatic rings. The molecule has 0 atom stereocenters. The van der Waals surface area contributed by atoms with Gasteiger partial charge in [0.25, 0.3) is 15.7 Å². The molecule has 3 aromatic rings. The van der Waals surface area contributed by atoms with E-state index in [9.17, 15) is 18.5 Å². The monoisotopic (exact) mass is 460 g/mol. The number of halogens is 1. The maximum Gasteiger partial charge on any atom is 0.270 e. The van der Waals surface area contributed by atoms with E-state index < -0.39 is 14.9 Å². The first-order chi connectivity index (χ1) is 14.8. The molecule has 11 heteroatoms. The molecule has 0 saturated carbocycles. The number of nitro benzene ring substituents is 1. The minimum absolute atomic E-state index is 0.0508. The predicted molar refractivity (Wildman–Crippen MR) is 120 cm³/mol. The van der Waals surface area contributed by atoms with E-state index in [-0.39, 0.29) is 27.0 Å². The fourth-order valence-electron chi connectivity index (χ4n) is 2.55. The van der Waals surface area contributed by atoms with Gasteiger partial charge in [-0.25, -0.2) is 8.42 Å². The summed E-state index contributed by atoms with van der Waals surface area (Å²) in [5.74, 6) is 0.680. The summed E-state index contributed by atoms with van der Waals surface area (Å²) < 4.78 is 33.3. The SMILES string of the molecule is COc1ccc(C=NNc2ccc([N+](=O)[O-])cc2S(=O)(=O)Nc2ccccc2Cl)cc1. The average molecular weight is 461 g/mol. The molecule has 0 saturated heterocycles. The Labute approximate surface area is 183 Å². The Morgan fingerprint density at radius 2 is 1.77 bits per heavy atom. The highest BCUT2D eigenvalue weighted by Crippen LogP contribution is 2.30. The summed E-state index contributed by atoms with van der Waals surface area (Å²) in [6, 6.07) is 16.7. The van der Waals surface area contributed by atoms with Gasteiger partial charge in [0.15, 0.2) is 0 Å². The van der Waals surface area contributed by atoms with Crippen molar-refractivity contribution in [3.63, 3.8) is 0 Å². The number of hydrazone groups is 1. The van der Waals surface area contributed by atoms with Crippen LogP contribution in [0.5, 0.6) is 5.75 Å². The van der Waals surface area contributed by atoms with Crippen molar-refractivity contribution in [3.8, 4) is 5.75 Å². The van der Waals surface area contributed by atoms with Crippen LogP contribution < -0.4 is 14.9 Å². The van der Waals surface area contributed by atoms with E-state index >= 15 is 0 Å². The van der Waals surface area contributed by atoms with Crippen LogP contribution in [0.1, 0.15) is 5.56 Å². The number of benzene rings is 3. The number of ether oxygens (including phenoxy) is 1. The van der Waals surface area contributed by atoms with E-state index in [0.717, 1.165) is 11.6 Å². The van der Waals surface area contributed by atoms with Gasteiger partial charge in [-0.2, -0.15) is 5.10 Å². The molecule has 0 fully saturated rings. The minimum atomic E-state index is -4.22. The van der Waals surface area contributed by atoms with Gasteiger partial charge >= 0.3 is 0 Å². The molecule has 31 heavy (non-hydrogen) atoms. The first-order valence-corrected chi connectivity index (χ1v) is 10.7. The zero-order chi connectivity index (χ0) is 22.4. The molecule has 3 rings (SSSR count). The van der Waals surface area contributed by atoms with Crippen molar-refractivity contribution in [2.75, 3.05) is 17.3 Å². The topological polar surface area (TPSA) is 123 Å². The lowest BCUT2D eigenvalue weighted by atomic mass is 10.2. The van der Waals surface area contributed by atoms with Gasteiger partial charge < -0.3 is 4.74 Å². The van der Waals surface area contributed by atoms with Gasteiger partial charge in [-0.3, -0.25) is 20.3 Å². The van der Waals surface area contributed by atoms with Gasteiger partial charge in [0.05, 0.1) is 34.6 Å². The smallest absolute Gasteiger partial charge is 0.270 e. The van der Waals surface area contributed by atoms with E-state index in [2.05, 4.69) is 15.2 Å². The highest BCUT2D eigenvalue weighted by molar-refractivity contribution is 7.93. The lowest BCUT2D eigenvalue weighted by Gasteiger charge is -2.12. The quantitative estimate of drug-likeness (QED) is 0.290. The van der Waals surface area contributed by atoms with E-state index in [4.69, 9.17) is 16.3 Å². The van der Waals surface area contributed by atoms with Gasteiger partial charge in [0.2, 0.25) is 0 Å². The van der Waals surface area contributed by atoms with Crippen molar-refractivity contribution >= 4 is 44.9 Å². The Morgan fingerprint density at radius 3 is 2.42 bits per heavy atom. The number of nitrogens with one attached hydrogen (secondary N) is 2. The predicted octanol–water partition coefficient (Wildman–Crippen LogP) is 4.50. The molecule has 0 bridgehead atoms. The second kappa shape index (κ2) is 9.45. The molecule has 3 aromatic carbocycles. The van der Waals surface area contributed by atoms with Gasteiger partial charge in [-0.05, 0) is 48.0 Å². The van der Waals surface area contributed by atoms with Crippen LogP contribution in [0, 0.1) is 10.1 Å². The average Bonchev–Trinajstić information content (AvgIpc) is 2.75. The Balaban J connectivity index is 1.92. The van der Waals surface area contributed by atoms with E-state index in [1.807, 2.05) is 0 Å². The zero-order valence-corrected chi connectivity index (χ0v) is 17.7. The fraction of sp³-hybridized carbons (Fsp3) is 0.0500. The lowest BCUT2D eigenvalue weighted by molar-refractivity contribution is -0.385. The number of anilines is 2. The van der Waals surface area contributed by atoms with Gasteiger partial charge in [0.1, 0.15) is 10.6 Å². The number of nitro groups is 1. The first-order valence-electron chi connectivity index (χ1n) is 8.79. The third-order valence-electron chi connectivity index (χ3n) is 4.10. The molecule has 9 nitrogen and oxygen atoms in total. The van der Waals surface area contributed by atoms with Crippen LogP contribution in [0.4, 0.5) is 17.1 Å². The number of rotatable bonds is 8. The number of sulfonamides is 1. The molecule has 0 spiro atoms. The standard InChI is InChI=1S/C20H17ClN4O5S/c1-30-16-9-6-14(7-10-16)13-22-23-19-11-8-15(25(26)27)12-20(19)31(28,29)24-18-5-3-2-4-17(18)21/h2-13,23-24H,1H3. The first kappa shape index (κ1) is 22.1. The van der Waals surface area contributed by atoms with Crippen molar-refractivity contribution in [3.05, 3.63) is 87.4 Å². The van der Waals surface area contributed by atoms with Crippen molar-refractivity contribution in [2.24, 2.45) is 5.10 Å². The molecule has 0 aromatic heterocycles. The molecule has 0 unspecified atom stereocenters. The molecule has 0 heterocycles. The number of para-hydroxylation sites is 1. The minimum Gasteiger partial charge on any atom is -0.497 e. The summed E-state index contributed by atoms with van der Waals surface area (Å²) >= 11 is 6.03. The molecule has 0 aliphatic carbocycles. The molecule has 160 valence electrons. The molecule has 0 amide bonds. The molecule has 2 N–H and O–H groups in total. The van der Waals surface area contributed by atoms with E-state index in [0.29, 0.717) is 5.75 Å². The summed E-state index contributed by atoms with van der Waals surface area (Å²) in [5, 5.41) is 15.4. The van der Waals surface area contributed by atoms with Crippen molar-refractivity contribution in [2.45, 2.75) is 4.90 Å². The van der Waals surface area contributed by atoms with E-state index in [1.54, 1.807) is 43.5 Å². The summed E-state index contributed by atoms with van der Waals surface area (Å²) in [7, 11) is -2.66. The van der Waals surface area contributed by atoms with E-state index in [1.165, 1.54) is 30.5 Å². The molecule has 0 aliphatic heterocycles. The normalized spacial score (nSPS) is 11.3. The van der Waals surface area contributed by atoms with Gasteiger partial charge in [0, 0.05) is 12.1 Å². The summed E-state index contributed by atoms with van der Waals surface area (Å²) in [4.78, 5) is 10.1. The maximum absolute atomic E-state index is 13.0. The molecular weight excluding hydrogens is 444 g/mol. The molecule has 0 radical (unpaired) electrons. The largest absolute Gasteiger partial charge is 0.497 e. The molecular formula is C20H17ClN4O5S. The van der Waals surface area contributed by atoms with Crippen molar-refractivity contribution in [1.82, 2.24) is 0 Å². The van der Waals surface area contributed by atoms with Crippen molar-refractivity contribution in [1.29, 1.82) is 0 Å². The Kier molecular flexibility index (Phi) is 6.73. The third kappa shape index (κ3) is 5.50. The highest BCUT2D eigenvalue weighted by Gasteiger charge is 2.23. The van der Waals surface area contributed by atoms with Crippen molar-refractivity contribution < 1.29 is 18.1 Å². The summed E-state index contributed by atoms with van der Waals surface area (Å²) in [6.07, 6.45) is 1.47. The van der Waals surface area contributed by atoms with Crippen LogP contribution in [0.3, 0.4) is 0 Å². The lowest BCUT2D eigenvalue weighted by Crippen LogP contribution is -2.15. The number of non-ortho nitro benzene ring substituents is 1. The summed E-state index contributed by atoms with van der Waals surface area (Å²) in [6.45, 7) is 0. The second-order valence-electron chi connectivity index (χ2n) is 6.17. The van der Waals surface area contributed by atoms with Crippen LogP contribution in [-0.4, -0.2) is 26.7 Å². The Bertz CT molecular complexity index is 1230. The summed E-state index contributed by atoms with van der Waals surface area (Å²) in [5.41, 5.74) is 3.16. The number of hydrogen-bond donors (Lipinski definition) is 2. The van der Waals surface area contributed by atoms with Gasteiger partial charge in [-0.1, -0.05) is 23.7 Å². The zero-order valence-electron chi connectivity index (χ0n) is 16.2. The number of nitrogens with zero attached hydrogens (tertiary/aromatic N) is 2. The number of methoxy groups -OCH3 is 1. The third-order valence-corrected chi connectivity index (χ3v) is 5.83. The Morgan fingerprint density at radius 1 is 1.06 bits per heavy atom. The van der Waals surface area contributed by atoms with Crippen LogP contribution in [0.15, 0.2) is 76.7 Å². The second-order valence-corrected chi connectivity index (χ2v) is 8.22.